The molecule has 0 spiro atoms. The molecule has 2 aliphatic rings. The Morgan fingerprint density at radius 3 is 2.66 bits per heavy atom. The lowest BCUT2D eigenvalue weighted by molar-refractivity contribution is -0.122. The van der Waals surface area contributed by atoms with Gasteiger partial charge in [-0.05, 0) is 55.0 Å². The highest BCUT2D eigenvalue weighted by Crippen LogP contribution is 2.28. The van der Waals surface area contributed by atoms with Crippen molar-refractivity contribution in [3.8, 4) is 0 Å². The molecule has 2 fully saturated rings. The minimum Gasteiger partial charge on any atom is -0.441 e. The van der Waals surface area contributed by atoms with Crippen LogP contribution >= 0.6 is 28.1 Å². The number of ether oxygens (including phenoxy) is 1. The number of morpholine rings is 1. The minimum absolute atomic E-state index is 0.0382. The van der Waals surface area contributed by atoms with Crippen LogP contribution in [0.25, 0.3) is 6.08 Å². The third kappa shape index (κ3) is 3.98. The fourth-order valence-corrected chi connectivity index (χ4v) is 4.01. The van der Waals surface area contributed by atoms with Crippen molar-refractivity contribution in [3.63, 3.8) is 0 Å². The van der Waals surface area contributed by atoms with E-state index in [0.717, 1.165) is 23.1 Å². The van der Waals surface area contributed by atoms with Crippen LogP contribution in [-0.4, -0.2) is 43.2 Å². The first-order chi connectivity index (χ1) is 13.9. The van der Waals surface area contributed by atoms with Crippen LogP contribution in [0.1, 0.15) is 11.3 Å². The van der Waals surface area contributed by atoms with Crippen molar-refractivity contribution in [2.24, 2.45) is 0 Å². The number of thiocarbonyl (C=S) groups is 1. The zero-order valence-corrected chi connectivity index (χ0v) is 18.0. The number of halogens is 1. The van der Waals surface area contributed by atoms with Crippen LogP contribution in [0.4, 0.5) is 11.6 Å². The zero-order valence-electron chi connectivity index (χ0n) is 15.6. The number of anilines is 2. The van der Waals surface area contributed by atoms with Crippen molar-refractivity contribution in [1.82, 2.24) is 5.32 Å². The van der Waals surface area contributed by atoms with E-state index in [2.05, 4.69) is 26.1 Å². The van der Waals surface area contributed by atoms with E-state index >= 15 is 0 Å². The number of nitrogens with one attached hydrogen (secondary N) is 1. The molecule has 0 unspecified atom stereocenters. The Morgan fingerprint density at radius 2 is 1.93 bits per heavy atom. The molecule has 7 nitrogen and oxygen atoms in total. The molecular formula is C20H18BrN3O4S. The summed E-state index contributed by atoms with van der Waals surface area (Å²) in [4.78, 5) is 29.0. The van der Waals surface area contributed by atoms with Crippen molar-refractivity contribution in [2.75, 3.05) is 36.1 Å². The molecule has 150 valence electrons. The largest absolute Gasteiger partial charge is 0.441 e. The van der Waals surface area contributed by atoms with Gasteiger partial charge in [0.1, 0.15) is 11.3 Å². The quantitative estimate of drug-likeness (QED) is 0.417. The maximum atomic E-state index is 13.1. The van der Waals surface area contributed by atoms with Gasteiger partial charge in [0.25, 0.3) is 11.8 Å². The number of benzene rings is 1. The highest BCUT2D eigenvalue weighted by molar-refractivity contribution is 9.10. The summed E-state index contributed by atoms with van der Waals surface area (Å²) in [5.41, 5.74) is 1.42. The van der Waals surface area contributed by atoms with Gasteiger partial charge in [0.15, 0.2) is 11.0 Å². The number of hydrogen-bond acceptors (Lipinski definition) is 6. The monoisotopic (exact) mass is 475 g/mol. The number of furan rings is 1. The summed E-state index contributed by atoms with van der Waals surface area (Å²) in [7, 11) is 0. The van der Waals surface area contributed by atoms with Gasteiger partial charge in [-0.1, -0.05) is 15.9 Å². The summed E-state index contributed by atoms with van der Waals surface area (Å²) in [5, 5.41) is 2.64. The number of rotatable bonds is 3. The summed E-state index contributed by atoms with van der Waals surface area (Å²) >= 11 is 8.66. The second-order valence-corrected chi connectivity index (χ2v) is 7.97. The zero-order chi connectivity index (χ0) is 20.5. The predicted molar refractivity (Wildman–Crippen MR) is 117 cm³/mol. The fourth-order valence-electron chi connectivity index (χ4n) is 3.26. The van der Waals surface area contributed by atoms with Crippen molar-refractivity contribution in [2.45, 2.75) is 6.92 Å². The molecule has 9 heteroatoms. The van der Waals surface area contributed by atoms with Crippen LogP contribution in [0.15, 0.2) is 44.8 Å². The van der Waals surface area contributed by atoms with E-state index in [1.54, 1.807) is 12.1 Å². The van der Waals surface area contributed by atoms with E-state index in [1.165, 1.54) is 11.0 Å². The standard InChI is InChI=1S/C20H18BrN3O4S/c1-12-10-13(21)2-4-16(12)24-19(26)15(18(25)22-20(24)29)11-14-3-5-17(28-14)23-6-8-27-9-7-23/h2-5,10-11H,6-9H2,1H3,(H,22,25,29)/b15-11+. The number of aryl methyl sites for hydroxylation is 1. The third-order valence-electron chi connectivity index (χ3n) is 4.72. The van der Waals surface area contributed by atoms with Crippen LogP contribution in [0.2, 0.25) is 0 Å². The Bertz CT molecular complexity index is 1030. The molecule has 2 aliphatic heterocycles. The topological polar surface area (TPSA) is 75.0 Å². The molecule has 1 N–H and O–H groups in total. The van der Waals surface area contributed by atoms with Crippen LogP contribution in [0.5, 0.6) is 0 Å². The molecule has 2 aromatic rings. The Morgan fingerprint density at radius 1 is 1.17 bits per heavy atom. The summed E-state index contributed by atoms with van der Waals surface area (Å²) in [6, 6.07) is 9.04. The first-order valence-corrected chi connectivity index (χ1v) is 10.2. The van der Waals surface area contributed by atoms with E-state index in [9.17, 15) is 9.59 Å². The Hall–Kier alpha value is -2.49. The van der Waals surface area contributed by atoms with Crippen molar-refractivity contribution in [1.29, 1.82) is 0 Å². The second-order valence-electron chi connectivity index (χ2n) is 6.66. The molecule has 0 bridgehead atoms. The smallest absolute Gasteiger partial charge is 0.270 e. The van der Waals surface area contributed by atoms with Crippen LogP contribution < -0.4 is 15.1 Å². The van der Waals surface area contributed by atoms with E-state index in [1.807, 2.05) is 25.1 Å². The van der Waals surface area contributed by atoms with Crippen molar-refractivity contribution < 1.29 is 18.7 Å². The number of hydrogen-bond donors (Lipinski definition) is 1. The van der Waals surface area contributed by atoms with Gasteiger partial charge in [0.05, 0.1) is 18.9 Å². The number of nitrogens with zero attached hydrogens (tertiary/aromatic N) is 2. The molecule has 0 aliphatic carbocycles. The van der Waals surface area contributed by atoms with Gasteiger partial charge in [-0.25, -0.2) is 0 Å². The van der Waals surface area contributed by atoms with Crippen LogP contribution in [0, 0.1) is 6.92 Å². The van der Waals surface area contributed by atoms with E-state index in [4.69, 9.17) is 21.4 Å². The molecule has 2 saturated heterocycles. The fraction of sp³-hybridized carbons (Fsp3) is 0.250. The van der Waals surface area contributed by atoms with Gasteiger partial charge in [-0.15, -0.1) is 0 Å². The van der Waals surface area contributed by atoms with Crippen molar-refractivity contribution in [3.05, 3.63) is 51.7 Å². The molecule has 4 rings (SSSR count). The lowest BCUT2D eigenvalue weighted by atomic mass is 10.1. The van der Waals surface area contributed by atoms with Gasteiger partial charge in [0.2, 0.25) is 0 Å². The van der Waals surface area contributed by atoms with Crippen LogP contribution in [0.3, 0.4) is 0 Å². The van der Waals surface area contributed by atoms with E-state index in [0.29, 0.717) is 30.5 Å². The van der Waals surface area contributed by atoms with Gasteiger partial charge < -0.3 is 14.1 Å². The average Bonchev–Trinajstić information content (AvgIpc) is 3.16. The molecule has 0 saturated carbocycles. The molecule has 0 radical (unpaired) electrons. The molecule has 29 heavy (non-hydrogen) atoms. The summed E-state index contributed by atoms with van der Waals surface area (Å²) in [6.07, 6.45) is 1.45. The van der Waals surface area contributed by atoms with Gasteiger partial charge in [0, 0.05) is 23.6 Å². The van der Waals surface area contributed by atoms with Gasteiger partial charge >= 0.3 is 0 Å². The third-order valence-corrected chi connectivity index (χ3v) is 5.50. The first kappa shape index (κ1) is 19.8. The van der Waals surface area contributed by atoms with Crippen LogP contribution in [-0.2, 0) is 14.3 Å². The Labute approximate surface area is 181 Å². The van der Waals surface area contributed by atoms with E-state index in [-0.39, 0.29) is 10.7 Å². The van der Waals surface area contributed by atoms with E-state index < -0.39 is 11.8 Å². The lowest BCUT2D eigenvalue weighted by Crippen LogP contribution is -2.54. The SMILES string of the molecule is Cc1cc(Br)ccc1N1C(=O)/C(=C/c2ccc(N3CCOCC3)o2)C(=O)NC1=S. The Kier molecular flexibility index (Phi) is 5.53. The average molecular weight is 476 g/mol. The van der Waals surface area contributed by atoms with Crippen molar-refractivity contribution >= 4 is 62.7 Å². The number of amides is 2. The molecular weight excluding hydrogens is 458 g/mol. The summed E-state index contributed by atoms with van der Waals surface area (Å²) in [6.45, 7) is 4.60. The molecule has 2 amide bonds. The summed E-state index contributed by atoms with van der Waals surface area (Å²) in [5.74, 6) is 0.0640. The highest BCUT2D eigenvalue weighted by Gasteiger charge is 2.35. The molecule has 3 heterocycles. The van der Waals surface area contributed by atoms with Gasteiger partial charge in [-0.2, -0.15) is 0 Å². The summed E-state index contributed by atoms with van der Waals surface area (Å²) < 4.78 is 12.1. The maximum Gasteiger partial charge on any atom is 0.270 e. The normalized spacial score (nSPS) is 19.1. The first-order valence-electron chi connectivity index (χ1n) is 9.04. The number of carbonyl (C=O) groups excluding carboxylic acids is 2. The predicted octanol–water partition coefficient (Wildman–Crippen LogP) is 3.02. The lowest BCUT2D eigenvalue weighted by Gasteiger charge is -2.30. The molecule has 0 atom stereocenters. The second kappa shape index (κ2) is 8.10. The Balaban J connectivity index is 1.64. The number of carbonyl (C=O) groups is 2. The minimum atomic E-state index is -0.546. The molecule has 1 aromatic carbocycles. The maximum absolute atomic E-state index is 13.1. The molecule has 1 aromatic heterocycles. The van der Waals surface area contributed by atoms with Gasteiger partial charge in [-0.3, -0.25) is 19.8 Å². The highest BCUT2D eigenvalue weighted by atomic mass is 79.9.